The SMILES string of the molecule is CCCCCCCCCCCCCCCCCCNC(=O)C#CI. The monoisotopic (exact) mass is 447 g/mol. The molecule has 0 unspecified atom stereocenters. The molecule has 0 saturated carbocycles. The van der Waals surface area contributed by atoms with Crippen molar-refractivity contribution in [3.05, 3.63) is 0 Å². The molecule has 0 radical (unpaired) electrons. The molecule has 0 fully saturated rings. The van der Waals surface area contributed by atoms with Gasteiger partial charge in [0.05, 0.1) is 0 Å². The molecule has 0 aromatic rings. The third-order valence-electron chi connectivity index (χ3n) is 4.48. The quantitative estimate of drug-likeness (QED) is 0.149. The molecule has 0 bridgehead atoms. The van der Waals surface area contributed by atoms with E-state index in [0.717, 1.165) is 13.0 Å². The minimum atomic E-state index is -0.148. The second-order valence-corrected chi connectivity index (χ2v) is 7.32. The van der Waals surface area contributed by atoms with Gasteiger partial charge in [-0.3, -0.25) is 4.79 Å². The van der Waals surface area contributed by atoms with Crippen LogP contribution in [0.4, 0.5) is 0 Å². The molecule has 24 heavy (non-hydrogen) atoms. The zero-order chi connectivity index (χ0) is 17.7. The van der Waals surface area contributed by atoms with Crippen molar-refractivity contribution in [3.8, 4) is 9.85 Å². The number of amides is 1. The summed E-state index contributed by atoms with van der Waals surface area (Å²) in [7, 11) is 0. The molecule has 140 valence electrons. The first-order valence-electron chi connectivity index (χ1n) is 10.2. The van der Waals surface area contributed by atoms with E-state index in [1.807, 2.05) is 22.6 Å². The highest BCUT2D eigenvalue weighted by Crippen LogP contribution is 2.13. The molecular formula is C21H38INO. The van der Waals surface area contributed by atoms with E-state index < -0.39 is 0 Å². The molecule has 0 aromatic heterocycles. The molecule has 2 nitrogen and oxygen atoms in total. The van der Waals surface area contributed by atoms with Gasteiger partial charge < -0.3 is 5.32 Å². The molecule has 3 heteroatoms. The van der Waals surface area contributed by atoms with Gasteiger partial charge in [-0.2, -0.15) is 0 Å². The number of hydrogen-bond donors (Lipinski definition) is 1. The topological polar surface area (TPSA) is 29.1 Å². The smallest absolute Gasteiger partial charge is 0.296 e. The summed E-state index contributed by atoms with van der Waals surface area (Å²) in [6.45, 7) is 3.05. The van der Waals surface area contributed by atoms with Crippen LogP contribution in [0.3, 0.4) is 0 Å². The lowest BCUT2D eigenvalue weighted by molar-refractivity contribution is -0.115. The summed E-state index contributed by atoms with van der Waals surface area (Å²) in [5.41, 5.74) is 0. The highest BCUT2D eigenvalue weighted by atomic mass is 127. The summed E-state index contributed by atoms with van der Waals surface area (Å²) in [6, 6.07) is 0. The van der Waals surface area contributed by atoms with Crippen LogP contribution in [0.2, 0.25) is 0 Å². The molecule has 0 spiro atoms. The van der Waals surface area contributed by atoms with Gasteiger partial charge in [-0.25, -0.2) is 0 Å². The number of carbonyl (C=O) groups excluding carboxylic acids is 1. The van der Waals surface area contributed by atoms with Gasteiger partial charge in [-0.15, -0.1) is 0 Å². The van der Waals surface area contributed by atoms with Crippen LogP contribution in [0.5, 0.6) is 0 Å². The maximum absolute atomic E-state index is 11.1. The van der Waals surface area contributed by atoms with Crippen molar-refractivity contribution in [3.63, 3.8) is 0 Å². The van der Waals surface area contributed by atoms with Crippen LogP contribution in [0.15, 0.2) is 0 Å². The molecule has 0 aromatic carbocycles. The molecule has 0 aliphatic carbocycles. The van der Waals surface area contributed by atoms with Crippen molar-refractivity contribution < 1.29 is 4.79 Å². The second kappa shape index (κ2) is 20.8. The van der Waals surface area contributed by atoms with Gasteiger partial charge in [0.1, 0.15) is 0 Å². The lowest BCUT2D eigenvalue weighted by Gasteiger charge is -2.04. The Kier molecular flexibility index (Phi) is 20.6. The van der Waals surface area contributed by atoms with Gasteiger partial charge in [0, 0.05) is 35.1 Å². The zero-order valence-electron chi connectivity index (χ0n) is 15.8. The Balaban J connectivity index is 3.05. The Labute approximate surface area is 164 Å². The third-order valence-corrected chi connectivity index (χ3v) is 4.75. The summed E-state index contributed by atoms with van der Waals surface area (Å²) in [5.74, 6) is 2.34. The fourth-order valence-electron chi connectivity index (χ4n) is 2.96. The van der Waals surface area contributed by atoms with Crippen LogP contribution >= 0.6 is 22.6 Å². The lowest BCUT2D eigenvalue weighted by atomic mass is 10.0. The zero-order valence-corrected chi connectivity index (χ0v) is 18.0. The predicted octanol–water partition coefficient (Wildman–Crippen LogP) is 6.76. The summed E-state index contributed by atoms with van der Waals surface area (Å²) >= 11 is 1.89. The minimum Gasteiger partial charge on any atom is -0.345 e. The standard InChI is InChI=1S/C21H38INO/c1-2-3-4-5-6-7-8-9-10-11-12-13-14-15-16-17-20-23-21(24)18-19-22/h2-17,20H2,1H3,(H,23,24). The molecule has 0 aliphatic heterocycles. The first kappa shape index (κ1) is 23.8. The van der Waals surface area contributed by atoms with Crippen LogP contribution in [-0.4, -0.2) is 12.5 Å². The van der Waals surface area contributed by atoms with Crippen LogP contribution in [0.25, 0.3) is 0 Å². The van der Waals surface area contributed by atoms with E-state index in [9.17, 15) is 4.79 Å². The fraction of sp³-hybridized carbons (Fsp3) is 0.857. The average Bonchev–Trinajstić information content (AvgIpc) is 2.58. The van der Waals surface area contributed by atoms with Gasteiger partial charge >= 0.3 is 0 Å². The summed E-state index contributed by atoms with van der Waals surface area (Å²) in [6.07, 6.45) is 22.0. The maximum atomic E-state index is 11.1. The van der Waals surface area contributed by atoms with E-state index >= 15 is 0 Å². The maximum Gasteiger partial charge on any atom is 0.296 e. The molecular weight excluding hydrogens is 409 g/mol. The number of halogens is 1. The van der Waals surface area contributed by atoms with Crippen molar-refractivity contribution in [1.82, 2.24) is 5.32 Å². The number of rotatable bonds is 17. The van der Waals surface area contributed by atoms with Crippen molar-refractivity contribution in [2.24, 2.45) is 0 Å². The fourth-order valence-corrected chi connectivity index (χ4v) is 3.21. The predicted molar refractivity (Wildman–Crippen MR) is 114 cm³/mol. The average molecular weight is 447 g/mol. The first-order valence-corrected chi connectivity index (χ1v) is 11.3. The highest BCUT2D eigenvalue weighted by molar-refractivity contribution is 14.1. The number of unbranched alkanes of at least 4 members (excludes halogenated alkanes) is 15. The lowest BCUT2D eigenvalue weighted by Crippen LogP contribution is -2.22. The second-order valence-electron chi connectivity index (χ2n) is 6.78. The molecule has 0 heterocycles. The van der Waals surface area contributed by atoms with Crippen molar-refractivity contribution >= 4 is 28.5 Å². The Morgan fingerprint density at radius 2 is 1.08 bits per heavy atom. The van der Waals surface area contributed by atoms with E-state index in [4.69, 9.17) is 0 Å². The Morgan fingerprint density at radius 3 is 1.46 bits per heavy atom. The Hall–Kier alpha value is -0.240. The molecule has 0 aliphatic rings. The molecule has 1 amide bonds. The third kappa shape index (κ3) is 19.8. The Morgan fingerprint density at radius 1 is 0.708 bits per heavy atom. The van der Waals surface area contributed by atoms with E-state index in [-0.39, 0.29) is 5.91 Å². The summed E-state index contributed by atoms with van der Waals surface area (Å²) in [4.78, 5) is 11.1. The van der Waals surface area contributed by atoms with Gasteiger partial charge in [-0.05, 0) is 10.3 Å². The van der Waals surface area contributed by atoms with E-state index in [1.54, 1.807) is 0 Å². The first-order chi connectivity index (χ1) is 11.8. The highest BCUT2D eigenvalue weighted by Gasteiger charge is 1.96. The number of carbonyl (C=O) groups is 1. The van der Waals surface area contributed by atoms with Gasteiger partial charge in [0.2, 0.25) is 0 Å². The van der Waals surface area contributed by atoms with Gasteiger partial charge in [-0.1, -0.05) is 103 Å². The van der Waals surface area contributed by atoms with Crippen LogP contribution in [0, 0.1) is 9.85 Å². The summed E-state index contributed by atoms with van der Waals surface area (Å²) in [5, 5.41) is 2.82. The van der Waals surface area contributed by atoms with Crippen molar-refractivity contribution in [2.75, 3.05) is 6.54 Å². The number of nitrogens with one attached hydrogen (secondary N) is 1. The van der Waals surface area contributed by atoms with Crippen LogP contribution in [0.1, 0.15) is 110 Å². The van der Waals surface area contributed by atoms with Crippen molar-refractivity contribution in [1.29, 1.82) is 0 Å². The molecule has 0 atom stereocenters. The molecule has 0 saturated heterocycles. The van der Waals surface area contributed by atoms with Gasteiger partial charge in [0.15, 0.2) is 0 Å². The Bertz CT molecular complexity index is 332. The van der Waals surface area contributed by atoms with Crippen molar-refractivity contribution in [2.45, 2.75) is 110 Å². The molecule has 0 rings (SSSR count). The normalized spacial score (nSPS) is 10.2. The molecule has 1 N–H and O–H groups in total. The van der Waals surface area contributed by atoms with E-state index in [0.29, 0.717) is 0 Å². The largest absolute Gasteiger partial charge is 0.345 e. The number of hydrogen-bond acceptors (Lipinski definition) is 1. The summed E-state index contributed by atoms with van der Waals surface area (Å²) < 4.78 is 2.58. The van der Waals surface area contributed by atoms with Gasteiger partial charge in [0.25, 0.3) is 5.91 Å². The van der Waals surface area contributed by atoms with Crippen LogP contribution in [-0.2, 0) is 4.79 Å². The van der Waals surface area contributed by atoms with E-state index in [2.05, 4.69) is 22.1 Å². The van der Waals surface area contributed by atoms with E-state index in [1.165, 1.54) is 96.3 Å². The van der Waals surface area contributed by atoms with Crippen LogP contribution < -0.4 is 5.32 Å². The minimum absolute atomic E-state index is 0.148.